The van der Waals surface area contributed by atoms with Crippen LogP contribution in [0, 0.1) is 0 Å². The Morgan fingerprint density at radius 2 is 2.37 bits per heavy atom. The highest BCUT2D eigenvalue weighted by Gasteiger charge is 2.21. The molecule has 2 heteroatoms. The zero-order valence-corrected chi connectivity index (χ0v) is 12.0. The Hall–Kier alpha value is -1.28. The molecule has 19 heavy (non-hydrogen) atoms. The lowest BCUT2D eigenvalue weighted by molar-refractivity contribution is 0.312. The van der Waals surface area contributed by atoms with Crippen molar-refractivity contribution in [1.29, 1.82) is 0 Å². The highest BCUT2D eigenvalue weighted by molar-refractivity contribution is 5.40. The molecule has 0 spiro atoms. The predicted molar refractivity (Wildman–Crippen MR) is 80.7 cm³/mol. The molecule has 0 radical (unpaired) electrons. The van der Waals surface area contributed by atoms with E-state index < -0.39 is 0 Å². The monoisotopic (exact) mass is 259 g/mol. The molecule has 0 heterocycles. The van der Waals surface area contributed by atoms with Gasteiger partial charge in [0.2, 0.25) is 0 Å². The first-order valence-electron chi connectivity index (χ1n) is 7.45. The van der Waals surface area contributed by atoms with Crippen molar-refractivity contribution in [1.82, 2.24) is 5.32 Å². The second-order valence-electron chi connectivity index (χ2n) is 5.19. The molecule has 1 aromatic rings. The van der Waals surface area contributed by atoms with E-state index in [1.165, 1.54) is 30.4 Å². The molecule has 0 saturated heterocycles. The van der Waals surface area contributed by atoms with Crippen molar-refractivity contribution in [2.75, 3.05) is 13.2 Å². The van der Waals surface area contributed by atoms with Crippen LogP contribution in [-0.2, 0) is 6.42 Å². The van der Waals surface area contributed by atoms with Gasteiger partial charge >= 0.3 is 0 Å². The lowest BCUT2D eigenvalue weighted by Gasteiger charge is -2.14. The standard InChI is InChI=1S/C17H25NO/c1-3-5-6-12-19-15-8-9-16-14(13-15)7-10-17(16)18-11-4-2/h3,8-9,13,17-18H,1,4-7,10-12H2,2H3. The SMILES string of the molecule is C=CCCCOc1ccc2c(c1)CCC2NCCC. The molecule has 0 aromatic heterocycles. The molecule has 0 fully saturated rings. The first kappa shape index (κ1) is 14.1. The van der Waals surface area contributed by atoms with Gasteiger partial charge in [-0.3, -0.25) is 0 Å². The van der Waals surface area contributed by atoms with Crippen LogP contribution in [0.5, 0.6) is 5.75 Å². The van der Waals surface area contributed by atoms with Crippen LogP contribution in [0.4, 0.5) is 0 Å². The van der Waals surface area contributed by atoms with E-state index >= 15 is 0 Å². The van der Waals surface area contributed by atoms with Gasteiger partial charge in [0.15, 0.2) is 0 Å². The molecule has 1 aliphatic rings. The minimum Gasteiger partial charge on any atom is -0.494 e. The van der Waals surface area contributed by atoms with Crippen molar-refractivity contribution < 1.29 is 4.74 Å². The van der Waals surface area contributed by atoms with Gasteiger partial charge in [-0.05, 0) is 61.9 Å². The predicted octanol–water partition coefficient (Wildman–Crippen LogP) is 4.02. The van der Waals surface area contributed by atoms with Gasteiger partial charge in [0, 0.05) is 6.04 Å². The fourth-order valence-corrected chi connectivity index (χ4v) is 2.63. The van der Waals surface area contributed by atoms with Gasteiger partial charge in [-0.15, -0.1) is 6.58 Å². The molecule has 0 aliphatic heterocycles. The molecular weight excluding hydrogens is 234 g/mol. The van der Waals surface area contributed by atoms with Gasteiger partial charge in [0.25, 0.3) is 0 Å². The Bertz CT molecular complexity index is 414. The molecule has 0 amide bonds. The normalized spacial score (nSPS) is 17.2. The summed E-state index contributed by atoms with van der Waals surface area (Å²) < 4.78 is 5.78. The van der Waals surface area contributed by atoms with Crippen LogP contribution >= 0.6 is 0 Å². The third-order valence-corrected chi connectivity index (χ3v) is 3.65. The summed E-state index contributed by atoms with van der Waals surface area (Å²) in [4.78, 5) is 0. The van der Waals surface area contributed by atoms with Gasteiger partial charge in [0.1, 0.15) is 5.75 Å². The third kappa shape index (κ3) is 3.84. The van der Waals surface area contributed by atoms with E-state index in [9.17, 15) is 0 Å². The number of benzene rings is 1. The molecule has 104 valence electrons. The van der Waals surface area contributed by atoms with Crippen LogP contribution in [0.1, 0.15) is 49.8 Å². The summed E-state index contributed by atoms with van der Waals surface area (Å²) in [6, 6.07) is 7.11. The summed E-state index contributed by atoms with van der Waals surface area (Å²) >= 11 is 0. The van der Waals surface area contributed by atoms with Crippen molar-refractivity contribution in [3.05, 3.63) is 42.0 Å². The molecule has 2 rings (SSSR count). The molecular formula is C17H25NO. The van der Waals surface area contributed by atoms with Crippen LogP contribution in [0.3, 0.4) is 0 Å². The van der Waals surface area contributed by atoms with Gasteiger partial charge < -0.3 is 10.1 Å². The minimum absolute atomic E-state index is 0.546. The van der Waals surface area contributed by atoms with Crippen LogP contribution in [-0.4, -0.2) is 13.2 Å². The van der Waals surface area contributed by atoms with E-state index in [1.54, 1.807) is 0 Å². The summed E-state index contributed by atoms with van der Waals surface area (Å²) in [5.74, 6) is 1.01. The van der Waals surface area contributed by atoms with E-state index in [1.807, 2.05) is 6.08 Å². The van der Waals surface area contributed by atoms with Crippen LogP contribution in [0.15, 0.2) is 30.9 Å². The average Bonchev–Trinajstić information content (AvgIpc) is 2.84. The van der Waals surface area contributed by atoms with E-state index in [-0.39, 0.29) is 0 Å². The van der Waals surface area contributed by atoms with Crippen molar-refractivity contribution in [2.24, 2.45) is 0 Å². The van der Waals surface area contributed by atoms with Crippen molar-refractivity contribution in [3.8, 4) is 5.75 Å². The van der Waals surface area contributed by atoms with E-state index in [0.29, 0.717) is 6.04 Å². The maximum atomic E-state index is 5.78. The molecule has 0 bridgehead atoms. The van der Waals surface area contributed by atoms with Crippen molar-refractivity contribution in [3.63, 3.8) is 0 Å². The second kappa shape index (κ2) is 7.34. The Labute approximate surface area is 116 Å². The topological polar surface area (TPSA) is 21.3 Å². The van der Waals surface area contributed by atoms with E-state index in [0.717, 1.165) is 31.7 Å². The summed E-state index contributed by atoms with van der Waals surface area (Å²) in [6.07, 6.45) is 7.58. The van der Waals surface area contributed by atoms with Gasteiger partial charge in [-0.1, -0.05) is 19.1 Å². The Morgan fingerprint density at radius 1 is 1.47 bits per heavy atom. The fourth-order valence-electron chi connectivity index (χ4n) is 2.63. The number of hydrogen-bond donors (Lipinski definition) is 1. The molecule has 1 unspecified atom stereocenters. The van der Waals surface area contributed by atoms with Crippen LogP contribution in [0.25, 0.3) is 0 Å². The van der Waals surface area contributed by atoms with Gasteiger partial charge in [0.05, 0.1) is 6.61 Å². The smallest absolute Gasteiger partial charge is 0.119 e. The Balaban J connectivity index is 1.91. The third-order valence-electron chi connectivity index (χ3n) is 3.65. The molecule has 1 aliphatic carbocycles. The number of allylic oxidation sites excluding steroid dienone is 1. The molecule has 1 aromatic carbocycles. The Kier molecular flexibility index (Phi) is 5.46. The average molecular weight is 259 g/mol. The molecule has 1 atom stereocenters. The minimum atomic E-state index is 0.546. The highest BCUT2D eigenvalue weighted by atomic mass is 16.5. The lowest BCUT2D eigenvalue weighted by Crippen LogP contribution is -2.19. The number of ether oxygens (including phenoxy) is 1. The summed E-state index contributed by atoms with van der Waals surface area (Å²) in [5, 5.41) is 3.61. The molecule has 0 saturated carbocycles. The quantitative estimate of drug-likeness (QED) is 0.562. The van der Waals surface area contributed by atoms with Crippen LogP contribution in [0.2, 0.25) is 0 Å². The number of nitrogens with one attached hydrogen (secondary N) is 1. The summed E-state index contributed by atoms with van der Waals surface area (Å²) in [7, 11) is 0. The summed E-state index contributed by atoms with van der Waals surface area (Å²) in [5.41, 5.74) is 2.92. The number of fused-ring (bicyclic) bond motifs is 1. The largest absolute Gasteiger partial charge is 0.494 e. The van der Waals surface area contributed by atoms with Crippen LogP contribution < -0.4 is 10.1 Å². The number of aryl methyl sites for hydroxylation is 1. The molecule has 1 N–H and O–H groups in total. The maximum absolute atomic E-state index is 5.78. The second-order valence-corrected chi connectivity index (χ2v) is 5.19. The highest BCUT2D eigenvalue weighted by Crippen LogP contribution is 2.33. The fraction of sp³-hybridized carbons (Fsp3) is 0.529. The lowest BCUT2D eigenvalue weighted by atomic mass is 10.1. The zero-order valence-electron chi connectivity index (χ0n) is 12.0. The number of unbranched alkanes of at least 4 members (excludes halogenated alkanes) is 1. The number of hydrogen-bond acceptors (Lipinski definition) is 2. The van der Waals surface area contributed by atoms with Crippen molar-refractivity contribution >= 4 is 0 Å². The van der Waals surface area contributed by atoms with Crippen molar-refractivity contribution in [2.45, 2.75) is 45.1 Å². The maximum Gasteiger partial charge on any atom is 0.119 e. The van der Waals surface area contributed by atoms with Gasteiger partial charge in [-0.2, -0.15) is 0 Å². The molecule has 2 nitrogen and oxygen atoms in total. The zero-order chi connectivity index (χ0) is 13.5. The van der Waals surface area contributed by atoms with E-state index in [2.05, 4.69) is 37.0 Å². The van der Waals surface area contributed by atoms with Gasteiger partial charge in [-0.25, -0.2) is 0 Å². The number of rotatable bonds is 8. The first-order chi connectivity index (χ1) is 9.35. The van der Waals surface area contributed by atoms with E-state index in [4.69, 9.17) is 4.74 Å². The Morgan fingerprint density at radius 3 is 3.16 bits per heavy atom. The first-order valence-corrected chi connectivity index (χ1v) is 7.45. The summed E-state index contributed by atoms with van der Waals surface area (Å²) in [6.45, 7) is 7.82.